The standard InChI is InChI=1S/C51H52BFN2/c1-33-29-34(2)46(35(3)30-33)47(48-42(36-17-13-11-14-18-36)31-44(54-48)38-21-25-40(26-22-38)50(4,5)6)49-43(37-19-15-12-16-20-37)32-45(55(49)52(10)53)39-23-27-41(28-24-39)51(7,8)9/h11-32H,1-10H3/b48-47-. The number of aromatic nitrogens is 1. The molecular weight excluding hydrogens is 670 g/mol. The molecule has 1 aromatic heterocycles. The summed E-state index contributed by atoms with van der Waals surface area (Å²) in [5.41, 5.74) is 17.4. The second-order valence-electron chi connectivity index (χ2n) is 17.2. The van der Waals surface area contributed by atoms with Crippen LogP contribution in [0.2, 0.25) is 6.82 Å². The molecule has 55 heavy (non-hydrogen) atoms. The van der Waals surface area contributed by atoms with Gasteiger partial charge in [-0.2, -0.15) is 0 Å². The van der Waals surface area contributed by atoms with Crippen LogP contribution in [0.3, 0.4) is 0 Å². The fourth-order valence-corrected chi connectivity index (χ4v) is 8.01. The van der Waals surface area contributed by atoms with E-state index in [0.29, 0.717) is 0 Å². The highest BCUT2D eigenvalue weighted by Crippen LogP contribution is 2.47. The highest BCUT2D eigenvalue weighted by molar-refractivity contribution is 6.49. The molecule has 0 bridgehead atoms. The van der Waals surface area contributed by atoms with E-state index in [-0.39, 0.29) is 10.8 Å². The van der Waals surface area contributed by atoms with Crippen LogP contribution in [0.25, 0.3) is 33.5 Å². The molecule has 0 fully saturated rings. The Bertz CT molecular complexity index is 2420. The lowest BCUT2D eigenvalue weighted by atomic mass is 9.83. The molecule has 5 aromatic carbocycles. The maximum atomic E-state index is 16.9. The SMILES string of the molecule is CB(F)n1c(-c2ccc(C(C)(C)C)cc2)cc(-c2ccccc2)c1/C(=C1\N=C(c2ccc(C(C)(C)C)cc2)C=C1c1ccccc1)c1c(C)cc(C)cc1C. The lowest BCUT2D eigenvalue weighted by molar-refractivity contribution is 0.590. The predicted molar refractivity (Wildman–Crippen MR) is 235 cm³/mol. The number of benzene rings is 5. The van der Waals surface area contributed by atoms with Crippen LogP contribution < -0.4 is 0 Å². The molecular formula is C51H52BFN2. The van der Waals surface area contributed by atoms with Gasteiger partial charge in [0, 0.05) is 33.7 Å². The van der Waals surface area contributed by atoms with Gasteiger partial charge >= 0.3 is 7.12 Å². The van der Waals surface area contributed by atoms with Crippen molar-refractivity contribution >= 4 is 24.0 Å². The van der Waals surface area contributed by atoms with Crippen molar-refractivity contribution in [3.63, 3.8) is 0 Å². The van der Waals surface area contributed by atoms with Crippen molar-refractivity contribution in [1.29, 1.82) is 0 Å². The van der Waals surface area contributed by atoms with Gasteiger partial charge in [-0.15, -0.1) is 0 Å². The molecule has 0 atom stereocenters. The zero-order chi connectivity index (χ0) is 39.2. The molecule has 7 rings (SSSR count). The Labute approximate surface area is 328 Å². The van der Waals surface area contributed by atoms with Gasteiger partial charge in [0.25, 0.3) is 0 Å². The molecule has 0 saturated carbocycles. The summed E-state index contributed by atoms with van der Waals surface area (Å²) in [4.78, 5) is 5.59. The molecule has 0 amide bonds. The first-order valence-electron chi connectivity index (χ1n) is 19.5. The van der Waals surface area contributed by atoms with E-state index in [4.69, 9.17) is 4.99 Å². The average Bonchev–Trinajstić information content (AvgIpc) is 3.77. The van der Waals surface area contributed by atoms with Crippen LogP contribution in [0.1, 0.15) is 91.7 Å². The molecule has 4 heteroatoms. The molecule has 1 aliphatic heterocycles. The second-order valence-corrected chi connectivity index (χ2v) is 17.2. The minimum atomic E-state index is -1.34. The molecule has 2 nitrogen and oxygen atoms in total. The summed E-state index contributed by atoms with van der Waals surface area (Å²) in [6.07, 6.45) is 2.22. The van der Waals surface area contributed by atoms with Crippen molar-refractivity contribution in [1.82, 2.24) is 4.48 Å². The molecule has 0 saturated heterocycles. The van der Waals surface area contributed by atoms with Gasteiger partial charge in [0.2, 0.25) is 0 Å². The van der Waals surface area contributed by atoms with E-state index in [9.17, 15) is 0 Å². The summed E-state index contributed by atoms with van der Waals surface area (Å²) in [5, 5.41) is 0. The first-order valence-corrected chi connectivity index (χ1v) is 19.5. The lowest BCUT2D eigenvalue weighted by Crippen LogP contribution is -2.20. The van der Waals surface area contributed by atoms with E-state index < -0.39 is 7.12 Å². The Morgan fingerprint density at radius 2 is 1.09 bits per heavy atom. The number of aryl methyl sites for hydroxylation is 3. The summed E-state index contributed by atoms with van der Waals surface area (Å²) in [5.74, 6) is 0. The van der Waals surface area contributed by atoms with E-state index in [1.54, 1.807) is 6.82 Å². The van der Waals surface area contributed by atoms with Crippen molar-refractivity contribution in [2.75, 3.05) is 0 Å². The van der Waals surface area contributed by atoms with Crippen LogP contribution in [0, 0.1) is 20.8 Å². The number of rotatable bonds is 7. The normalized spacial score (nSPS) is 14.2. The molecule has 0 spiro atoms. The van der Waals surface area contributed by atoms with Crippen molar-refractivity contribution in [3.05, 3.63) is 189 Å². The van der Waals surface area contributed by atoms with Gasteiger partial charge in [-0.05, 0) is 95.1 Å². The van der Waals surface area contributed by atoms with Crippen LogP contribution >= 0.6 is 0 Å². The number of allylic oxidation sites excluding steroid dienone is 2. The van der Waals surface area contributed by atoms with Gasteiger partial charge in [0.15, 0.2) is 0 Å². The maximum absolute atomic E-state index is 16.9. The lowest BCUT2D eigenvalue weighted by Gasteiger charge is -2.23. The van der Waals surface area contributed by atoms with E-state index in [2.05, 4.69) is 184 Å². The summed E-state index contributed by atoms with van der Waals surface area (Å²) >= 11 is 0. The Kier molecular flexibility index (Phi) is 10.1. The highest BCUT2D eigenvalue weighted by Gasteiger charge is 2.33. The zero-order valence-corrected chi connectivity index (χ0v) is 34.1. The topological polar surface area (TPSA) is 17.3 Å². The summed E-state index contributed by atoms with van der Waals surface area (Å²) in [7, 11) is -1.34. The maximum Gasteiger partial charge on any atom is 0.462 e. The Hall–Kier alpha value is -5.48. The van der Waals surface area contributed by atoms with Gasteiger partial charge in [-0.25, -0.2) is 4.99 Å². The van der Waals surface area contributed by atoms with Crippen LogP contribution in [0.4, 0.5) is 4.32 Å². The molecule has 0 unspecified atom stereocenters. The van der Waals surface area contributed by atoms with Gasteiger partial charge in [0.1, 0.15) is 0 Å². The predicted octanol–water partition coefficient (Wildman–Crippen LogP) is 13.6. The number of hydrogen-bond donors (Lipinski definition) is 0. The third-order valence-corrected chi connectivity index (χ3v) is 10.8. The van der Waals surface area contributed by atoms with Gasteiger partial charge in [-0.3, -0.25) is 0 Å². The van der Waals surface area contributed by atoms with Crippen molar-refractivity contribution in [2.45, 2.75) is 80.0 Å². The number of nitrogens with zero attached hydrogens (tertiary/aromatic N) is 2. The van der Waals surface area contributed by atoms with Gasteiger partial charge in [-0.1, -0.05) is 168 Å². The molecule has 0 N–H and O–H groups in total. The van der Waals surface area contributed by atoms with Crippen LogP contribution in [0.5, 0.6) is 0 Å². The van der Waals surface area contributed by atoms with Crippen LogP contribution in [-0.4, -0.2) is 17.3 Å². The average molecular weight is 723 g/mol. The smallest absolute Gasteiger partial charge is 0.355 e. The first kappa shape index (κ1) is 37.8. The van der Waals surface area contributed by atoms with Crippen LogP contribution in [-0.2, 0) is 10.8 Å². The van der Waals surface area contributed by atoms with E-state index >= 15 is 4.32 Å². The number of halogens is 1. The molecule has 0 radical (unpaired) electrons. The van der Waals surface area contributed by atoms with Crippen molar-refractivity contribution in [2.24, 2.45) is 4.99 Å². The summed E-state index contributed by atoms with van der Waals surface area (Å²) < 4.78 is 18.8. The molecule has 0 aliphatic carbocycles. The van der Waals surface area contributed by atoms with Gasteiger partial charge in [0.05, 0.1) is 11.4 Å². The number of hydrogen-bond acceptors (Lipinski definition) is 1. The molecule has 276 valence electrons. The summed E-state index contributed by atoms with van der Waals surface area (Å²) in [6.45, 7) is 21.5. The zero-order valence-electron chi connectivity index (χ0n) is 34.1. The highest BCUT2D eigenvalue weighted by atomic mass is 19.1. The Balaban J connectivity index is 1.62. The fraction of sp³-hybridized carbons (Fsp3) is 0.235. The van der Waals surface area contributed by atoms with Crippen molar-refractivity contribution < 1.29 is 4.32 Å². The largest absolute Gasteiger partial charge is 0.462 e. The third-order valence-electron chi connectivity index (χ3n) is 10.8. The quantitative estimate of drug-likeness (QED) is 0.146. The van der Waals surface area contributed by atoms with E-state index in [1.807, 2.05) is 16.6 Å². The fourth-order valence-electron chi connectivity index (χ4n) is 8.01. The summed E-state index contributed by atoms with van der Waals surface area (Å²) in [6, 6.07) is 45.0. The van der Waals surface area contributed by atoms with E-state index in [0.717, 1.165) is 78.5 Å². The van der Waals surface area contributed by atoms with Crippen LogP contribution in [0.15, 0.2) is 144 Å². The Morgan fingerprint density at radius 3 is 1.58 bits per heavy atom. The molecule has 6 aromatic rings. The third kappa shape index (κ3) is 7.48. The minimum absolute atomic E-state index is 0.00221. The first-order chi connectivity index (χ1) is 26.1. The second kappa shape index (κ2) is 14.6. The monoisotopic (exact) mass is 722 g/mol. The Morgan fingerprint density at radius 1 is 0.600 bits per heavy atom. The van der Waals surface area contributed by atoms with Gasteiger partial charge < -0.3 is 8.79 Å². The van der Waals surface area contributed by atoms with E-state index in [1.165, 1.54) is 16.7 Å². The number of aliphatic imine (C=N–C) groups is 1. The molecule has 2 heterocycles. The minimum Gasteiger partial charge on any atom is -0.355 e. The molecule has 1 aliphatic rings. The van der Waals surface area contributed by atoms with Crippen molar-refractivity contribution in [3.8, 4) is 22.4 Å².